The Morgan fingerprint density at radius 3 is 2.13 bits per heavy atom. The van der Waals surface area contributed by atoms with Crippen LogP contribution in [0.1, 0.15) is 119 Å². The molecule has 1 aromatic heterocycles. The van der Waals surface area contributed by atoms with Crippen LogP contribution in [0.3, 0.4) is 0 Å². The zero-order valence-electron chi connectivity index (χ0n) is 32.5. The van der Waals surface area contributed by atoms with E-state index in [9.17, 15) is 9.59 Å². The zero-order chi connectivity index (χ0) is 36.2. The normalized spacial score (nSPS) is 26.4. The molecule has 0 saturated heterocycles. The molecular weight excluding hydrogens is 639 g/mol. The molecule has 0 saturated carbocycles. The van der Waals surface area contributed by atoms with Gasteiger partial charge in [-0.1, -0.05) is 75.2 Å². The predicted octanol–water partition coefficient (Wildman–Crippen LogP) is 10.4. The molecule has 0 radical (unpaired) electrons. The summed E-state index contributed by atoms with van der Waals surface area (Å²) in [5.41, 5.74) is 0.784. The fraction of sp³-hybridized carbons (Fsp3) is 0.763. The lowest BCUT2D eigenvalue weighted by Crippen LogP contribution is -2.54. The molecule has 0 aromatic carbocycles. The molecule has 9 heteroatoms. The van der Waals surface area contributed by atoms with E-state index in [1.807, 2.05) is 46.1 Å². The fourth-order valence-corrected chi connectivity index (χ4v) is 8.94. The molecular formula is C38H65NO5SSi2. The van der Waals surface area contributed by atoms with Crippen molar-refractivity contribution in [2.75, 3.05) is 0 Å². The average molecular weight is 704 g/mol. The Hall–Kier alpha value is -1.58. The first-order valence-corrected chi connectivity index (χ1v) is 24.1. The van der Waals surface area contributed by atoms with Crippen LogP contribution < -0.4 is 0 Å². The van der Waals surface area contributed by atoms with Crippen LogP contribution in [-0.4, -0.2) is 51.7 Å². The average Bonchev–Trinajstić information content (AvgIpc) is 3.33. The van der Waals surface area contributed by atoms with E-state index in [4.69, 9.17) is 13.6 Å². The minimum atomic E-state index is -2.39. The first-order valence-electron chi connectivity index (χ1n) is 17.5. The Labute approximate surface area is 293 Å². The number of hydrogen-bond donors (Lipinski definition) is 0. The number of ether oxygens (including phenoxy) is 1. The Kier molecular flexibility index (Phi) is 14.1. The highest BCUT2D eigenvalue weighted by Gasteiger charge is 2.50. The van der Waals surface area contributed by atoms with Gasteiger partial charge in [0.1, 0.15) is 11.9 Å². The summed E-state index contributed by atoms with van der Waals surface area (Å²) in [7, 11) is -4.59. The quantitative estimate of drug-likeness (QED) is 0.167. The molecule has 1 unspecified atom stereocenters. The summed E-state index contributed by atoms with van der Waals surface area (Å²) in [6.45, 7) is 34.2. The number of rotatable bonds is 6. The standard InChI is InChI=1S/C38H65NO5SSi2/c1-26-21-19-17-18-20-22-31(27(2)23-30-25-45-29(4)39-30)42-33(40)24-32(43-46(13,14)36(5,6)7)38(11,12)35(41)28(3)34(26)44-47(15,16)37(8,9)10/h23,25-26,28,31-32,34H,17,19,21-22,24H2,1-16H3/b27-23+/t26-,28+,31-,32?,34-/m0/s1. The van der Waals surface area contributed by atoms with Crippen LogP contribution in [0.25, 0.3) is 6.08 Å². The number of aryl methyl sites for hydroxylation is 1. The third-order valence-electron chi connectivity index (χ3n) is 10.9. The van der Waals surface area contributed by atoms with Gasteiger partial charge in [0, 0.05) is 23.1 Å². The van der Waals surface area contributed by atoms with Crippen LogP contribution in [0, 0.1) is 36.0 Å². The van der Waals surface area contributed by atoms with E-state index in [1.54, 1.807) is 11.3 Å². The Morgan fingerprint density at radius 2 is 1.60 bits per heavy atom. The maximum absolute atomic E-state index is 14.8. The number of cyclic esters (lactones) is 1. The highest BCUT2D eigenvalue weighted by Crippen LogP contribution is 2.44. The molecule has 0 fully saturated rings. The molecule has 2 rings (SSSR count). The summed E-state index contributed by atoms with van der Waals surface area (Å²) >= 11 is 1.59. The van der Waals surface area contributed by atoms with Gasteiger partial charge >= 0.3 is 5.97 Å². The molecule has 0 aliphatic carbocycles. The molecule has 1 aliphatic heterocycles. The van der Waals surface area contributed by atoms with E-state index in [0.717, 1.165) is 35.5 Å². The van der Waals surface area contributed by atoms with Crippen LogP contribution in [0.4, 0.5) is 0 Å². The lowest BCUT2D eigenvalue weighted by molar-refractivity contribution is -0.153. The molecule has 266 valence electrons. The van der Waals surface area contributed by atoms with Crippen molar-refractivity contribution in [3.63, 3.8) is 0 Å². The minimum Gasteiger partial charge on any atom is -0.457 e. The molecule has 0 bridgehead atoms. The zero-order valence-corrected chi connectivity index (χ0v) is 35.3. The third-order valence-corrected chi connectivity index (χ3v) is 20.7. The van der Waals surface area contributed by atoms with Crippen LogP contribution in [0.2, 0.25) is 36.3 Å². The van der Waals surface area contributed by atoms with Crippen LogP contribution in [0.15, 0.2) is 11.0 Å². The molecule has 1 aliphatic rings. The van der Waals surface area contributed by atoms with Gasteiger partial charge in [-0.25, -0.2) is 4.98 Å². The summed E-state index contributed by atoms with van der Waals surface area (Å²) in [6.07, 6.45) is 3.51. The predicted molar refractivity (Wildman–Crippen MR) is 202 cm³/mol. The van der Waals surface area contributed by atoms with Gasteiger partial charge in [0.25, 0.3) is 0 Å². The van der Waals surface area contributed by atoms with Crippen molar-refractivity contribution >= 4 is 45.8 Å². The summed E-state index contributed by atoms with van der Waals surface area (Å²) < 4.78 is 20.3. The van der Waals surface area contributed by atoms with Gasteiger partial charge in [-0.2, -0.15) is 0 Å². The smallest absolute Gasteiger partial charge is 0.309 e. The number of carbonyl (C=O) groups excluding carboxylic acids is 2. The summed E-state index contributed by atoms with van der Waals surface area (Å²) in [4.78, 5) is 33.2. The SMILES string of the molecule is C/C(=C\c1csc(C)n1)[C@@H]1CC#CCCC[C@H](C)[C@H](O[Si](C)(C)C(C)(C)C)[C@@H](C)C(=O)C(C)(C)C(O[Si](C)(C)C(C)(C)C)CC(=O)O1. The second-order valence-corrected chi connectivity index (χ2v) is 27.9. The van der Waals surface area contributed by atoms with Gasteiger partial charge in [-0.05, 0) is 80.5 Å². The van der Waals surface area contributed by atoms with Gasteiger partial charge in [0.15, 0.2) is 16.6 Å². The number of thiazole rings is 1. The maximum Gasteiger partial charge on any atom is 0.309 e. The van der Waals surface area contributed by atoms with Crippen molar-refractivity contribution < 1.29 is 23.2 Å². The van der Waals surface area contributed by atoms with Crippen molar-refractivity contribution in [1.82, 2.24) is 4.98 Å². The number of ketones is 1. The molecule has 47 heavy (non-hydrogen) atoms. The van der Waals surface area contributed by atoms with Crippen LogP contribution in [0.5, 0.6) is 0 Å². The largest absolute Gasteiger partial charge is 0.457 e. The molecule has 1 aromatic rings. The van der Waals surface area contributed by atoms with Crippen molar-refractivity contribution in [3.05, 3.63) is 21.7 Å². The molecule has 2 heterocycles. The molecule has 6 nitrogen and oxygen atoms in total. The van der Waals surface area contributed by atoms with E-state index in [-0.39, 0.29) is 46.2 Å². The second kappa shape index (κ2) is 16.0. The number of Topliss-reactive ketones (excluding diaryl/α,β-unsaturated/α-hetero) is 1. The molecule has 0 N–H and O–H groups in total. The first-order chi connectivity index (χ1) is 21.3. The van der Waals surface area contributed by atoms with E-state index < -0.39 is 34.3 Å². The number of carbonyl (C=O) groups is 2. The van der Waals surface area contributed by atoms with Gasteiger partial charge in [0.2, 0.25) is 0 Å². The summed E-state index contributed by atoms with van der Waals surface area (Å²) in [6, 6.07) is 0. The Balaban J connectivity index is 2.63. The van der Waals surface area contributed by atoms with Gasteiger partial charge in [0.05, 0.1) is 35.8 Å². The number of nitrogens with zero attached hydrogens (tertiary/aromatic N) is 1. The van der Waals surface area contributed by atoms with Crippen LogP contribution in [-0.2, 0) is 23.2 Å². The summed E-state index contributed by atoms with van der Waals surface area (Å²) in [5.74, 6) is 6.11. The third kappa shape index (κ3) is 11.2. The lowest BCUT2D eigenvalue weighted by Gasteiger charge is -2.46. The van der Waals surface area contributed by atoms with Crippen molar-refractivity contribution in [2.24, 2.45) is 17.3 Å². The monoisotopic (exact) mass is 703 g/mol. The fourth-order valence-electron chi connectivity index (χ4n) is 5.46. The van der Waals surface area contributed by atoms with Crippen molar-refractivity contribution in [2.45, 2.75) is 170 Å². The maximum atomic E-state index is 14.8. The van der Waals surface area contributed by atoms with Crippen LogP contribution >= 0.6 is 11.3 Å². The molecule has 0 spiro atoms. The summed E-state index contributed by atoms with van der Waals surface area (Å²) in [5, 5.41) is 2.88. The number of hydrogen-bond acceptors (Lipinski definition) is 7. The van der Waals surface area contributed by atoms with Crippen molar-refractivity contribution in [3.8, 4) is 11.8 Å². The lowest BCUT2D eigenvalue weighted by atomic mass is 9.73. The van der Waals surface area contributed by atoms with E-state index in [1.165, 1.54) is 0 Å². The Bertz CT molecular complexity index is 1320. The number of aromatic nitrogens is 1. The van der Waals surface area contributed by atoms with E-state index in [0.29, 0.717) is 6.42 Å². The first kappa shape index (κ1) is 41.6. The Morgan fingerprint density at radius 1 is 1.02 bits per heavy atom. The van der Waals surface area contributed by atoms with Gasteiger partial charge in [-0.15, -0.1) is 17.3 Å². The van der Waals surface area contributed by atoms with E-state index in [2.05, 4.69) is 91.5 Å². The van der Waals surface area contributed by atoms with Crippen molar-refractivity contribution in [1.29, 1.82) is 0 Å². The molecule has 5 atom stereocenters. The highest BCUT2D eigenvalue weighted by atomic mass is 32.1. The minimum absolute atomic E-state index is 0.00487. The van der Waals surface area contributed by atoms with E-state index >= 15 is 0 Å². The van der Waals surface area contributed by atoms with Gasteiger partial charge < -0.3 is 13.6 Å². The molecule has 0 amide bonds. The second-order valence-electron chi connectivity index (χ2n) is 17.4. The van der Waals surface area contributed by atoms with Gasteiger partial charge in [-0.3, -0.25) is 9.59 Å². The number of esters is 1. The highest BCUT2D eigenvalue weighted by molar-refractivity contribution is 7.09. The topological polar surface area (TPSA) is 74.7 Å².